The van der Waals surface area contributed by atoms with Crippen molar-refractivity contribution >= 4 is 16.7 Å². The summed E-state index contributed by atoms with van der Waals surface area (Å²) in [5, 5.41) is 4.18. The summed E-state index contributed by atoms with van der Waals surface area (Å²) in [6.07, 6.45) is -3.68. The van der Waals surface area contributed by atoms with Crippen LogP contribution in [0, 0.1) is 0 Å². The molecular formula is C21H17F3N6O2. The standard InChI is InChI=1S/C21H17F3N6O2/c22-21(23,24)12-5-6-15(27-10-12)30-13-4-2-1-3-11(13)9-14(30)17-16-18(25)28-20(31)29-19(16)32-8-7-26-17/h1-6,9-10,17,26H,7-8H2,(H3,25,28,29,31). The number of H-pyrrole nitrogens is 1. The Morgan fingerprint density at radius 3 is 2.75 bits per heavy atom. The van der Waals surface area contributed by atoms with E-state index in [1.807, 2.05) is 30.3 Å². The third-order valence-electron chi connectivity index (χ3n) is 5.28. The molecule has 1 unspecified atom stereocenters. The number of ether oxygens (including phenoxy) is 1. The summed E-state index contributed by atoms with van der Waals surface area (Å²) in [6.45, 7) is 0.689. The number of rotatable bonds is 2. The highest BCUT2D eigenvalue weighted by molar-refractivity contribution is 5.83. The molecule has 0 saturated heterocycles. The van der Waals surface area contributed by atoms with Crippen LogP contribution in [0.25, 0.3) is 16.7 Å². The van der Waals surface area contributed by atoms with Gasteiger partial charge in [0.05, 0.1) is 22.7 Å². The molecule has 1 atom stereocenters. The van der Waals surface area contributed by atoms with Crippen LogP contribution < -0.4 is 21.5 Å². The minimum absolute atomic E-state index is 0.0941. The molecule has 11 heteroatoms. The normalized spacial score (nSPS) is 16.4. The van der Waals surface area contributed by atoms with E-state index in [1.165, 1.54) is 6.07 Å². The Kier molecular flexibility index (Phi) is 4.63. The van der Waals surface area contributed by atoms with E-state index < -0.39 is 23.5 Å². The van der Waals surface area contributed by atoms with Crippen molar-refractivity contribution in [1.29, 1.82) is 0 Å². The van der Waals surface area contributed by atoms with Crippen molar-refractivity contribution in [3.05, 3.63) is 76.0 Å². The molecular weight excluding hydrogens is 425 g/mol. The van der Waals surface area contributed by atoms with Gasteiger partial charge in [0.2, 0.25) is 5.88 Å². The minimum atomic E-state index is -4.49. The predicted octanol–water partition coefficient (Wildman–Crippen LogP) is 2.78. The monoisotopic (exact) mass is 442 g/mol. The van der Waals surface area contributed by atoms with E-state index in [9.17, 15) is 18.0 Å². The molecule has 5 rings (SSSR count). The molecule has 0 spiro atoms. The van der Waals surface area contributed by atoms with Gasteiger partial charge in [0.15, 0.2) is 0 Å². The molecule has 0 bridgehead atoms. The van der Waals surface area contributed by atoms with Gasteiger partial charge >= 0.3 is 11.9 Å². The number of benzene rings is 1. The lowest BCUT2D eigenvalue weighted by Crippen LogP contribution is -2.27. The van der Waals surface area contributed by atoms with Gasteiger partial charge in [-0.1, -0.05) is 18.2 Å². The number of hydrogen-bond acceptors (Lipinski definition) is 6. The van der Waals surface area contributed by atoms with E-state index in [0.717, 1.165) is 23.2 Å². The summed E-state index contributed by atoms with van der Waals surface area (Å²) < 4.78 is 46.5. The maximum Gasteiger partial charge on any atom is 0.417 e. The number of nitrogens with zero attached hydrogens (tertiary/aromatic N) is 3. The molecule has 8 nitrogen and oxygen atoms in total. The topological polar surface area (TPSA) is 111 Å². The number of aromatic nitrogens is 4. The third kappa shape index (κ3) is 3.36. The number of aromatic amines is 1. The summed E-state index contributed by atoms with van der Waals surface area (Å²) in [5.74, 6) is 0.508. The first-order chi connectivity index (χ1) is 15.3. The van der Waals surface area contributed by atoms with Crippen molar-refractivity contribution in [3.8, 4) is 11.7 Å². The van der Waals surface area contributed by atoms with Gasteiger partial charge in [-0.15, -0.1) is 0 Å². The van der Waals surface area contributed by atoms with E-state index in [1.54, 1.807) is 4.57 Å². The fourth-order valence-electron chi connectivity index (χ4n) is 3.90. The first-order valence-electron chi connectivity index (χ1n) is 9.73. The van der Waals surface area contributed by atoms with E-state index >= 15 is 0 Å². The number of para-hydroxylation sites is 1. The summed E-state index contributed by atoms with van der Waals surface area (Å²) in [7, 11) is 0. The summed E-state index contributed by atoms with van der Waals surface area (Å²) >= 11 is 0. The fraction of sp³-hybridized carbons (Fsp3) is 0.190. The first kappa shape index (κ1) is 20.1. The lowest BCUT2D eigenvalue weighted by molar-refractivity contribution is -0.137. The summed E-state index contributed by atoms with van der Waals surface area (Å²) in [6, 6.07) is 11.1. The molecule has 1 aliphatic rings. The number of halogens is 3. The van der Waals surface area contributed by atoms with Crippen LogP contribution in [0.5, 0.6) is 5.88 Å². The average molecular weight is 442 g/mol. The van der Waals surface area contributed by atoms with Crippen LogP contribution in [0.15, 0.2) is 53.5 Å². The highest BCUT2D eigenvalue weighted by Crippen LogP contribution is 2.37. The highest BCUT2D eigenvalue weighted by Gasteiger charge is 2.32. The maximum atomic E-state index is 13.1. The van der Waals surface area contributed by atoms with E-state index in [-0.39, 0.29) is 18.3 Å². The molecule has 0 saturated carbocycles. The number of anilines is 1. The van der Waals surface area contributed by atoms with Crippen molar-refractivity contribution < 1.29 is 17.9 Å². The van der Waals surface area contributed by atoms with Gasteiger partial charge in [-0.05, 0) is 24.3 Å². The van der Waals surface area contributed by atoms with Gasteiger partial charge < -0.3 is 15.8 Å². The number of nitrogen functional groups attached to an aromatic ring is 1. The number of alkyl halides is 3. The van der Waals surface area contributed by atoms with Crippen LogP contribution in [-0.2, 0) is 6.18 Å². The minimum Gasteiger partial charge on any atom is -0.476 e. The van der Waals surface area contributed by atoms with Crippen molar-refractivity contribution in [2.75, 3.05) is 18.9 Å². The van der Waals surface area contributed by atoms with Crippen LogP contribution in [0.3, 0.4) is 0 Å². The molecule has 0 amide bonds. The Labute approximate surface area is 178 Å². The largest absolute Gasteiger partial charge is 0.476 e. The lowest BCUT2D eigenvalue weighted by atomic mass is 10.0. The summed E-state index contributed by atoms with van der Waals surface area (Å²) in [5.41, 5.74) is 6.51. The predicted molar refractivity (Wildman–Crippen MR) is 111 cm³/mol. The van der Waals surface area contributed by atoms with Crippen molar-refractivity contribution in [2.45, 2.75) is 12.2 Å². The molecule has 3 aromatic heterocycles. The molecule has 4 heterocycles. The highest BCUT2D eigenvalue weighted by atomic mass is 19.4. The lowest BCUT2D eigenvalue weighted by Gasteiger charge is -2.21. The molecule has 0 aliphatic carbocycles. The van der Waals surface area contributed by atoms with Gasteiger partial charge in [0, 0.05) is 23.8 Å². The number of fused-ring (bicyclic) bond motifs is 2. The first-order valence-corrected chi connectivity index (χ1v) is 9.73. The van der Waals surface area contributed by atoms with Crippen molar-refractivity contribution in [2.24, 2.45) is 0 Å². The zero-order valence-electron chi connectivity index (χ0n) is 16.5. The molecule has 0 radical (unpaired) electrons. The van der Waals surface area contributed by atoms with Gasteiger partial charge in [-0.2, -0.15) is 18.2 Å². The van der Waals surface area contributed by atoms with Crippen molar-refractivity contribution in [3.63, 3.8) is 0 Å². The Bertz CT molecular complexity index is 1360. The Hall–Kier alpha value is -3.86. The van der Waals surface area contributed by atoms with Crippen LogP contribution in [0.2, 0.25) is 0 Å². The second-order valence-electron chi connectivity index (χ2n) is 7.28. The zero-order chi connectivity index (χ0) is 22.5. The van der Waals surface area contributed by atoms with Gasteiger partial charge in [0.25, 0.3) is 0 Å². The smallest absolute Gasteiger partial charge is 0.417 e. The van der Waals surface area contributed by atoms with Gasteiger partial charge in [0.1, 0.15) is 18.2 Å². The quantitative estimate of drug-likeness (QED) is 0.440. The molecule has 164 valence electrons. The molecule has 1 aliphatic heterocycles. The molecule has 4 aromatic rings. The van der Waals surface area contributed by atoms with Crippen LogP contribution in [-0.4, -0.2) is 32.7 Å². The van der Waals surface area contributed by atoms with Crippen LogP contribution in [0.1, 0.15) is 22.9 Å². The van der Waals surface area contributed by atoms with Crippen LogP contribution >= 0.6 is 0 Å². The second kappa shape index (κ2) is 7.38. The SMILES string of the molecule is Nc1[nH]c(=O)nc2c1C(c1cc3ccccc3n1-c1ccc(C(F)(F)F)cn1)NCCO2. The summed E-state index contributed by atoms with van der Waals surface area (Å²) in [4.78, 5) is 22.3. The fourth-order valence-corrected chi connectivity index (χ4v) is 3.90. The molecule has 4 N–H and O–H groups in total. The average Bonchev–Trinajstić information content (AvgIpc) is 3.00. The van der Waals surface area contributed by atoms with E-state index in [4.69, 9.17) is 10.5 Å². The Balaban J connectivity index is 1.74. The van der Waals surface area contributed by atoms with E-state index in [0.29, 0.717) is 23.6 Å². The van der Waals surface area contributed by atoms with Gasteiger partial charge in [-0.3, -0.25) is 9.55 Å². The molecule has 1 aromatic carbocycles. The molecule has 0 fully saturated rings. The van der Waals surface area contributed by atoms with Crippen LogP contribution in [0.4, 0.5) is 19.0 Å². The Morgan fingerprint density at radius 2 is 2.00 bits per heavy atom. The zero-order valence-corrected chi connectivity index (χ0v) is 16.5. The number of nitrogens with one attached hydrogen (secondary N) is 2. The van der Waals surface area contributed by atoms with Gasteiger partial charge in [-0.25, -0.2) is 9.78 Å². The third-order valence-corrected chi connectivity index (χ3v) is 5.28. The number of hydrogen-bond donors (Lipinski definition) is 3. The maximum absolute atomic E-state index is 13.1. The Morgan fingerprint density at radius 1 is 1.19 bits per heavy atom. The number of nitrogens with two attached hydrogens (primary N) is 1. The van der Waals surface area contributed by atoms with Crippen molar-refractivity contribution in [1.82, 2.24) is 24.8 Å². The number of pyridine rings is 1. The molecule has 32 heavy (non-hydrogen) atoms. The van der Waals surface area contributed by atoms with E-state index in [2.05, 4.69) is 20.3 Å². The second-order valence-corrected chi connectivity index (χ2v) is 7.28.